The van der Waals surface area contributed by atoms with Crippen molar-refractivity contribution >= 4 is 23.1 Å². The maximum absolute atomic E-state index is 11.3. The van der Waals surface area contributed by atoms with E-state index in [-0.39, 0.29) is 12.1 Å². The molecule has 1 N–H and O–H groups in total. The summed E-state index contributed by atoms with van der Waals surface area (Å²) in [6.07, 6.45) is 2.54. The molecule has 21 heavy (non-hydrogen) atoms. The Bertz CT molecular complexity index is 665. The van der Waals surface area contributed by atoms with Gasteiger partial charge < -0.3 is 10.0 Å². The van der Waals surface area contributed by atoms with Gasteiger partial charge in [0.1, 0.15) is 11.3 Å². The summed E-state index contributed by atoms with van der Waals surface area (Å²) in [5.41, 5.74) is 1.36. The number of carbonyl (C=O) groups is 1. The minimum absolute atomic E-state index is 0.0903. The second-order valence-corrected chi connectivity index (χ2v) is 5.37. The van der Waals surface area contributed by atoms with E-state index in [9.17, 15) is 9.90 Å². The van der Waals surface area contributed by atoms with Crippen molar-refractivity contribution in [2.45, 2.75) is 25.9 Å². The average molecular weight is 287 g/mol. The van der Waals surface area contributed by atoms with E-state index in [0.717, 1.165) is 11.3 Å². The van der Waals surface area contributed by atoms with Gasteiger partial charge in [-0.25, -0.2) is 19.7 Å². The zero-order chi connectivity index (χ0) is 15.0. The fourth-order valence-electron chi connectivity index (χ4n) is 2.88. The molecule has 2 aromatic heterocycles. The number of rotatable bonds is 1. The molecule has 3 heterocycles. The molecule has 1 aliphatic heterocycles. The molecular weight excluding hydrogens is 270 g/mol. The molecule has 0 bridgehead atoms. The van der Waals surface area contributed by atoms with Gasteiger partial charge in [0, 0.05) is 19.3 Å². The second kappa shape index (κ2) is 5.16. The van der Waals surface area contributed by atoms with Gasteiger partial charge in [-0.3, -0.25) is 4.90 Å². The molecule has 0 unspecified atom stereocenters. The normalized spacial score (nSPS) is 22.6. The fourth-order valence-corrected chi connectivity index (χ4v) is 2.88. The van der Waals surface area contributed by atoms with Gasteiger partial charge in [0.25, 0.3) is 0 Å². The van der Waals surface area contributed by atoms with Crippen LogP contribution in [0.5, 0.6) is 0 Å². The number of hydrogen-bond donors (Lipinski definition) is 1. The van der Waals surface area contributed by atoms with Crippen molar-refractivity contribution in [3.05, 3.63) is 24.5 Å². The molecule has 1 fully saturated rings. The Morgan fingerprint density at radius 2 is 2.00 bits per heavy atom. The largest absolute Gasteiger partial charge is 0.465 e. The molecule has 0 saturated carbocycles. The molecule has 7 nitrogen and oxygen atoms in total. The molecule has 2 aromatic rings. The van der Waals surface area contributed by atoms with Crippen LogP contribution in [-0.4, -0.2) is 56.2 Å². The van der Waals surface area contributed by atoms with Crippen LogP contribution >= 0.6 is 0 Å². The van der Waals surface area contributed by atoms with E-state index in [1.165, 1.54) is 4.90 Å². The predicted molar refractivity (Wildman–Crippen MR) is 78.3 cm³/mol. The number of anilines is 1. The number of amides is 1. The van der Waals surface area contributed by atoms with Crippen LogP contribution in [0.15, 0.2) is 24.5 Å². The molecular formula is C14H17N5O2. The summed E-state index contributed by atoms with van der Waals surface area (Å²) in [5.74, 6) is 0.741. The minimum atomic E-state index is -0.874. The highest BCUT2D eigenvalue weighted by atomic mass is 16.4. The van der Waals surface area contributed by atoms with E-state index in [1.807, 2.05) is 26.0 Å². The monoisotopic (exact) mass is 287 g/mol. The summed E-state index contributed by atoms with van der Waals surface area (Å²) < 4.78 is 0. The molecule has 0 aliphatic carbocycles. The molecule has 0 radical (unpaired) electrons. The molecule has 3 rings (SSSR count). The van der Waals surface area contributed by atoms with Gasteiger partial charge in [-0.05, 0) is 26.0 Å². The summed E-state index contributed by atoms with van der Waals surface area (Å²) >= 11 is 0. The Hall–Kier alpha value is -2.44. The van der Waals surface area contributed by atoms with E-state index in [4.69, 9.17) is 0 Å². The van der Waals surface area contributed by atoms with E-state index in [0.29, 0.717) is 18.7 Å². The van der Waals surface area contributed by atoms with Crippen LogP contribution in [0.25, 0.3) is 11.2 Å². The minimum Gasteiger partial charge on any atom is -0.465 e. The summed E-state index contributed by atoms with van der Waals surface area (Å²) in [7, 11) is 0. The Balaban J connectivity index is 1.88. The Morgan fingerprint density at radius 3 is 2.67 bits per heavy atom. The number of pyridine rings is 1. The van der Waals surface area contributed by atoms with Gasteiger partial charge >= 0.3 is 6.09 Å². The second-order valence-electron chi connectivity index (χ2n) is 5.37. The summed E-state index contributed by atoms with van der Waals surface area (Å²) in [4.78, 5) is 27.9. The third-order valence-electron chi connectivity index (χ3n) is 3.77. The summed E-state index contributed by atoms with van der Waals surface area (Å²) in [6, 6.07) is 3.51. The highest BCUT2D eigenvalue weighted by molar-refractivity contribution is 5.71. The molecule has 0 aromatic carbocycles. The van der Waals surface area contributed by atoms with Crippen molar-refractivity contribution in [3.63, 3.8) is 0 Å². The van der Waals surface area contributed by atoms with E-state index in [2.05, 4.69) is 19.9 Å². The van der Waals surface area contributed by atoms with Crippen LogP contribution in [0.2, 0.25) is 0 Å². The van der Waals surface area contributed by atoms with Gasteiger partial charge in [-0.15, -0.1) is 0 Å². The lowest BCUT2D eigenvalue weighted by atomic mass is 10.1. The highest BCUT2D eigenvalue weighted by Crippen LogP contribution is 2.21. The van der Waals surface area contributed by atoms with E-state index >= 15 is 0 Å². The Kier molecular flexibility index (Phi) is 3.32. The topological polar surface area (TPSA) is 82.5 Å². The molecule has 7 heteroatoms. The average Bonchev–Trinajstić information content (AvgIpc) is 2.45. The SMILES string of the molecule is C[C@@H]1CN(c2cnc3cccnc3n2)C[C@H](C)N1C(=O)O. The Morgan fingerprint density at radius 1 is 1.29 bits per heavy atom. The first-order valence-corrected chi connectivity index (χ1v) is 6.90. The van der Waals surface area contributed by atoms with Crippen LogP contribution in [-0.2, 0) is 0 Å². The van der Waals surface area contributed by atoms with Crippen LogP contribution in [0, 0.1) is 0 Å². The fraction of sp³-hybridized carbons (Fsp3) is 0.429. The lowest BCUT2D eigenvalue weighted by molar-refractivity contribution is 0.0981. The van der Waals surface area contributed by atoms with Gasteiger partial charge in [0.2, 0.25) is 0 Å². The molecule has 0 spiro atoms. The maximum atomic E-state index is 11.3. The van der Waals surface area contributed by atoms with Gasteiger partial charge in [-0.1, -0.05) is 0 Å². The highest BCUT2D eigenvalue weighted by Gasteiger charge is 2.33. The lowest BCUT2D eigenvalue weighted by Crippen LogP contribution is -2.58. The molecule has 1 saturated heterocycles. The summed E-state index contributed by atoms with van der Waals surface area (Å²) in [5, 5.41) is 9.25. The first-order valence-electron chi connectivity index (χ1n) is 6.90. The molecule has 110 valence electrons. The van der Waals surface area contributed by atoms with Crippen molar-refractivity contribution in [2.75, 3.05) is 18.0 Å². The number of aromatic nitrogens is 3. The Labute approximate surface area is 122 Å². The van der Waals surface area contributed by atoms with Crippen molar-refractivity contribution < 1.29 is 9.90 Å². The van der Waals surface area contributed by atoms with Gasteiger partial charge in [-0.2, -0.15) is 0 Å². The van der Waals surface area contributed by atoms with Crippen molar-refractivity contribution in [1.29, 1.82) is 0 Å². The smallest absolute Gasteiger partial charge is 0.407 e. The first-order chi connectivity index (χ1) is 10.1. The first kappa shape index (κ1) is 13.5. The standard InChI is InChI=1S/C14H17N5O2/c1-9-7-18(8-10(2)19(9)14(20)21)12-6-16-11-4-3-5-15-13(11)17-12/h3-6,9-10H,7-8H2,1-2H3,(H,20,21)/t9-,10+. The van der Waals surface area contributed by atoms with Crippen molar-refractivity contribution in [1.82, 2.24) is 19.9 Å². The van der Waals surface area contributed by atoms with Crippen molar-refractivity contribution in [3.8, 4) is 0 Å². The zero-order valence-electron chi connectivity index (χ0n) is 12.0. The predicted octanol–water partition coefficient (Wildman–Crippen LogP) is 1.60. The maximum Gasteiger partial charge on any atom is 0.407 e. The molecule has 2 atom stereocenters. The van der Waals surface area contributed by atoms with Crippen LogP contribution in [0.1, 0.15) is 13.8 Å². The number of fused-ring (bicyclic) bond motifs is 1. The molecule has 1 aliphatic rings. The number of piperazine rings is 1. The van der Waals surface area contributed by atoms with Crippen LogP contribution < -0.4 is 4.90 Å². The van der Waals surface area contributed by atoms with Crippen LogP contribution in [0.3, 0.4) is 0 Å². The van der Waals surface area contributed by atoms with Crippen LogP contribution in [0.4, 0.5) is 10.6 Å². The van der Waals surface area contributed by atoms with Gasteiger partial charge in [0.15, 0.2) is 5.65 Å². The zero-order valence-corrected chi connectivity index (χ0v) is 12.0. The van der Waals surface area contributed by atoms with E-state index in [1.54, 1.807) is 12.4 Å². The third-order valence-corrected chi connectivity index (χ3v) is 3.77. The quantitative estimate of drug-likeness (QED) is 0.858. The number of hydrogen-bond acceptors (Lipinski definition) is 5. The van der Waals surface area contributed by atoms with Gasteiger partial charge in [0.05, 0.1) is 18.3 Å². The van der Waals surface area contributed by atoms with Crippen molar-refractivity contribution in [2.24, 2.45) is 0 Å². The lowest BCUT2D eigenvalue weighted by Gasteiger charge is -2.43. The van der Waals surface area contributed by atoms with E-state index < -0.39 is 6.09 Å². The number of nitrogens with zero attached hydrogens (tertiary/aromatic N) is 5. The number of carboxylic acid groups (broad SMARTS) is 1. The molecule has 1 amide bonds. The third kappa shape index (κ3) is 2.46. The summed E-state index contributed by atoms with van der Waals surface area (Å²) in [6.45, 7) is 5.01.